The number of hydrazine groups is 1. The molecule has 2 heterocycles. The van der Waals surface area contributed by atoms with E-state index in [1.165, 1.54) is 5.01 Å². The molecule has 1 fully saturated rings. The normalized spacial score (nSPS) is 32.0. The lowest BCUT2D eigenvalue weighted by Crippen LogP contribution is -2.61. The van der Waals surface area contributed by atoms with Crippen LogP contribution < -0.4 is 16.1 Å². The highest BCUT2D eigenvalue weighted by molar-refractivity contribution is 5.91. The summed E-state index contributed by atoms with van der Waals surface area (Å²) in [5.74, 6) is -2.81. The van der Waals surface area contributed by atoms with Crippen molar-refractivity contribution in [2.75, 3.05) is 6.54 Å². The maximum absolute atomic E-state index is 13.2. The number of hydrogen-bond acceptors (Lipinski definition) is 7. The molecule has 2 aliphatic heterocycles. The predicted octanol–water partition coefficient (Wildman–Crippen LogP) is 3.30. The molecule has 3 N–H and O–H groups in total. The van der Waals surface area contributed by atoms with Gasteiger partial charge in [0.2, 0.25) is 5.91 Å². The van der Waals surface area contributed by atoms with Crippen molar-refractivity contribution in [2.24, 2.45) is 16.8 Å². The molecule has 10 heteroatoms. The van der Waals surface area contributed by atoms with Gasteiger partial charge in [-0.2, -0.15) is 0 Å². The van der Waals surface area contributed by atoms with Crippen LogP contribution in [0.2, 0.25) is 0 Å². The third-order valence-corrected chi connectivity index (χ3v) is 7.03. The fourth-order valence-corrected chi connectivity index (χ4v) is 4.40. The number of esters is 1. The second kappa shape index (κ2) is 15.3. The van der Waals surface area contributed by atoms with Crippen LogP contribution in [0.15, 0.2) is 64.4 Å². The molecule has 0 aromatic heterocycles. The molecule has 2 aliphatic rings. The van der Waals surface area contributed by atoms with Crippen LogP contribution in [-0.2, 0) is 23.9 Å². The van der Waals surface area contributed by atoms with E-state index in [0.29, 0.717) is 25.1 Å². The summed E-state index contributed by atoms with van der Waals surface area (Å²) >= 11 is 0. The number of nitrogens with zero attached hydrogens (tertiary/aromatic N) is 2. The largest absolute Gasteiger partial charge is 0.452 e. The van der Waals surface area contributed by atoms with Gasteiger partial charge in [-0.15, -0.1) is 0 Å². The number of rotatable bonds is 3. The van der Waals surface area contributed by atoms with Crippen LogP contribution in [0.4, 0.5) is 0 Å². The molecular weight excluding hydrogens is 522 g/mol. The van der Waals surface area contributed by atoms with Gasteiger partial charge in [-0.25, -0.2) is 5.43 Å². The summed E-state index contributed by atoms with van der Waals surface area (Å²) in [6, 6.07) is -1.87. The zero-order valence-corrected chi connectivity index (χ0v) is 25.3. The Balaban J connectivity index is 2.53. The Labute approximate surface area is 243 Å². The van der Waals surface area contributed by atoms with Crippen molar-refractivity contribution in [1.29, 1.82) is 0 Å². The molecule has 0 spiro atoms. The average molecular weight is 568 g/mol. The van der Waals surface area contributed by atoms with E-state index in [0.717, 1.165) is 16.7 Å². The summed E-state index contributed by atoms with van der Waals surface area (Å²) < 4.78 is 5.59. The maximum Gasteiger partial charge on any atom is 0.313 e. The van der Waals surface area contributed by atoms with Crippen LogP contribution in [0.3, 0.4) is 0 Å². The Morgan fingerprint density at radius 2 is 1.76 bits per heavy atom. The zero-order chi connectivity index (χ0) is 30.9. The van der Waals surface area contributed by atoms with Gasteiger partial charge in [-0.05, 0) is 89.5 Å². The van der Waals surface area contributed by atoms with Crippen molar-refractivity contribution in [2.45, 2.75) is 85.5 Å². The molecule has 0 aliphatic carbocycles. The molecule has 41 heavy (non-hydrogen) atoms. The predicted molar refractivity (Wildman–Crippen MR) is 160 cm³/mol. The topological polar surface area (TPSA) is 129 Å². The fourth-order valence-electron chi connectivity index (χ4n) is 4.40. The van der Waals surface area contributed by atoms with Crippen molar-refractivity contribution >= 4 is 30.4 Å². The number of hydrogen-bond donors (Lipinski definition) is 3. The van der Waals surface area contributed by atoms with E-state index in [1.54, 1.807) is 45.9 Å². The van der Waals surface area contributed by atoms with Crippen LogP contribution in [0.5, 0.6) is 0 Å². The van der Waals surface area contributed by atoms with Gasteiger partial charge in [0, 0.05) is 6.54 Å². The Morgan fingerprint density at radius 3 is 2.34 bits per heavy atom. The number of fused-ring (bicyclic) bond motifs is 2. The number of carbonyl (C=O) groups is 4. The molecule has 5 atom stereocenters. The van der Waals surface area contributed by atoms with Crippen molar-refractivity contribution < 1.29 is 23.9 Å². The van der Waals surface area contributed by atoms with E-state index < -0.39 is 41.9 Å². The summed E-state index contributed by atoms with van der Waals surface area (Å²) in [7, 11) is 0. The molecule has 3 amide bonds. The Kier molecular flexibility index (Phi) is 12.5. The highest BCUT2D eigenvalue weighted by atomic mass is 16.5. The van der Waals surface area contributed by atoms with Gasteiger partial charge in [0.1, 0.15) is 12.1 Å². The number of cyclic esters (lactones) is 1. The van der Waals surface area contributed by atoms with Crippen molar-refractivity contribution in [1.82, 2.24) is 21.1 Å². The minimum atomic E-state index is -1.10. The Hall–Kier alpha value is -3.79. The van der Waals surface area contributed by atoms with Crippen LogP contribution in [0.1, 0.15) is 61.3 Å². The number of amides is 3. The first-order valence-electron chi connectivity index (χ1n) is 14.1. The molecule has 224 valence electrons. The first-order chi connectivity index (χ1) is 19.3. The minimum absolute atomic E-state index is 0.241. The SMILES string of the molecule is C=NC1=C\C(C(=C)C)=C\C(=C/C)[C@@H](C)NC(=O)C2CCCN(N2)C(=O)C(C)NC(=O)C(C(C)C)OC(=O)C(C)\C=C\1. The molecule has 2 bridgehead atoms. The van der Waals surface area contributed by atoms with E-state index in [1.807, 2.05) is 32.9 Å². The average Bonchev–Trinajstić information content (AvgIpc) is 2.93. The smallest absolute Gasteiger partial charge is 0.313 e. The molecule has 4 unspecified atom stereocenters. The van der Waals surface area contributed by atoms with Crippen LogP contribution in [0.25, 0.3) is 0 Å². The number of ether oxygens (including phenoxy) is 1. The van der Waals surface area contributed by atoms with E-state index in [4.69, 9.17) is 4.74 Å². The molecule has 0 aromatic carbocycles. The van der Waals surface area contributed by atoms with Gasteiger partial charge in [0.05, 0.1) is 17.7 Å². The van der Waals surface area contributed by atoms with Gasteiger partial charge in [-0.3, -0.25) is 29.2 Å². The molecule has 0 radical (unpaired) electrons. The molecule has 0 saturated carbocycles. The minimum Gasteiger partial charge on any atom is -0.452 e. The summed E-state index contributed by atoms with van der Waals surface area (Å²) in [6.45, 7) is 20.5. The van der Waals surface area contributed by atoms with E-state index >= 15 is 0 Å². The second-order valence-electron chi connectivity index (χ2n) is 10.9. The van der Waals surface area contributed by atoms with Gasteiger partial charge >= 0.3 is 5.97 Å². The van der Waals surface area contributed by atoms with E-state index in [2.05, 4.69) is 34.3 Å². The van der Waals surface area contributed by atoms with Gasteiger partial charge in [0.15, 0.2) is 6.10 Å². The Morgan fingerprint density at radius 1 is 1.10 bits per heavy atom. The number of nitrogens with one attached hydrogen (secondary N) is 3. The van der Waals surface area contributed by atoms with Crippen molar-refractivity contribution in [3.05, 3.63) is 59.4 Å². The summed E-state index contributed by atoms with van der Waals surface area (Å²) in [6.07, 6.45) is 8.97. The van der Waals surface area contributed by atoms with Crippen LogP contribution in [-0.4, -0.2) is 66.2 Å². The highest BCUT2D eigenvalue weighted by Gasteiger charge is 2.34. The lowest BCUT2D eigenvalue weighted by Gasteiger charge is -2.35. The molecule has 10 nitrogen and oxygen atoms in total. The molecule has 2 rings (SSSR count). The standard InChI is InChI=1S/C31H45N5O5/c1-10-23-16-24(18(2)3)17-25(32-9)14-13-20(6)31(40)41-27(19(4)5)29(38)34-22(8)30(39)36-15-11-12-26(35-36)28(37)33-21(23)7/h10,13-14,16-17,19-22,26-27,35H,2,9,11-12,15H2,1,3-8H3,(H,33,37)(H,34,38)/b14-13+,23-10+,24-16-,25-17-/t20?,21-,22?,26?,27?/m1/s1. The van der Waals surface area contributed by atoms with Gasteiger partial charge in [-0.1, -0.05) is 38.2 Å². The second-order valence-corrected chi connectivity index (χ2v) is 10.9. The lowest BCUT2D eigenvalue weighted by atomic mass is 9.99. The fraction of sp³-hybridized carbons (Fsp3) is 0.516. The number of allylic oxidation sites excluding steroid dienone is 5. The third kappa shape index (κ3) is 9.38. The molecule has 1 saturated heterocycles. The highest BCUT2D eigenvalue weighted by Crippen LogP contribution is 2.20. The summed E-state index contributed by atoms with van der Waals surface area (Å²) in [5.41, 5.74) is 5.90. The Bertz CT molecular complexity index is 1170. The van der Waals surface area contributed by atoms with Crippen LogP contribution >= 0.6 is 0 Å². The summed E-state index contributed by atoms with van der Waals surface area (Å²) in [5, 5.41) is 7.08. The van der Waals surface area contributed by atoms with E-state index in [-0.39, 0.29) is 17.9 Å². The lowest BCUT2D eigenvalue weighted by molar-refractivity contribution is -0.161. The number of aliphatic imine (C=N–C) groups is 1. The van der Waals surface area contributed by atoms with Crippen molar-refractivity contribution in [3.8, 4) is 0 Å². The monoisotopic (exact) mass is 567 g/mol. The first-order valence-corrected chi connectivity index (χ1v) is 14.1. The molecular formula is C31H45N5O5. The van der Waals surface area contributed by atoms with E-state index in [9.17, 15) is 19.2 Å². The summed E-state index contributed by atoms with van der Waals surface area (Å²) in [4.78, 5) is 56.5. The van der Waals surface area contributed by atoms with Gasteiger partial charge in [0.25, 0.3) is 11.8 Å². The third-order valence-electron chi connectivity index (χ3n) is 7.03. The van der Waals surface area contributed by atoms with Crippen molar-refractivity contribution in [3.63, 3.8) is 0 Å². The maximum atomic E-state index is 13.2. The quantitative estimate of drug-likeness (QED) is 0.355. The van der Waals surface area contributed by atoms with Crippen LogP contribution in [0, 0.1) is 11.8 Å². The molecule has 0 aromatic rings. The first kappa shape index (κ1) is 33.4. The number of carbonyl (C=O) groups excluding carboxylic acids is 4. The zero-order valence-electron chi connectivity index (χ0n) is 25.3. The van der Waals surface area contributed by atoms with Gasteiger partial charge < -0.3 is 15.4 Å².